The molecule has 2 rings (SSSR count). The van der Waals surface area contributed by atoms with Gasteiger partial charge < -0.3 is 15.1 Å². The first-order chi connectivity index (χ1) is 9.41. The van der Waals surface area contributed by atoms with E-state index in [1.807, 2.05) is 0 Å². The van der Waals surface area contributed by atoms with Gasteiger partial charge in [-0.3, -0.25) is 19.6 Å². The van der Waals surface area contributed by atoms with Crippen LogP contribution in [0.25, 0.3) is 0 Å². The summed E-state index contributed by atoms with van der Waals surface area (Å²) in [6.45, 7) is 1.61. The van der Waals surface area contributed by atoms with Crippen LogP contribution in [0.3, 0.4) is 0 Å². The SMILES string of the molecule is CN(C)C(=O)C1CNCCN1c1nn(C)cc1[N+](=O)[O-]. The van der Waals surface area contributed by atoms with Crippen LogP contribution < -0.4 is 10.2 Å². The van der Waals surface area contributed by atoms with Crippen LogP contribution in [0.15, 0.2) is 6.20 Å². The fraction of sp³-hybridized carbons (Fsp3) is 0.636. The van der Waals surface area contributed by atoms with Crippen molar-refractivity contribution in [3.63, 3.8) is 0 Å². The number of nitro groups is 1. The van der Waals surface area contributed by atoms with Gasteiger partial charge in [-0.15, -0.1) is 5.10 Å². The Morgan fingerprint density at radius 2 is 2.30 bits per heavy atom. The molecular formula is C11H18N6O3. The van der Waals surface area contributed by atoms with Gasteiger partial charge in [0.15, 0.2) is 0 Å². The predicted molar refractivity (Wildman–Crippen MR) is 72.6 cm³/mol. The number of hydrogen-bond acceptors (Lipinski definition) is 6. The Morgan fingerprint density at radius 1 is 1.60 bits per heavy atom. The largest absolute Gasteiger partial charge is 0.347 e. The summed E-state index contributed by atoms with van der Waals surface area (Å²) in [7, 11) is 4.96. The highest BCUT2D eigenvalue weighted by Gasteiger charge is 2.35. The number of aryl methyl sites for hydroxylation is 1. The van der Waals surface area contributed by atoms with Crippen molar-refractivity contribution in [2.45, 2.75) is 6.04 Å². The fourth-order valence-corrected chi connectivity index (χ4v) is 2.27. The minimum absolute atomic E-state index is 0.0778. The maximum Gasteiger partial charge on any atom is 0.330 e. The molecule has 0 bridgehead atoms. The molecule has 1 unspecified atom stereocenters. The summed E-state index contributed by atoms with van der Waals surface area (Å²) in [6.07, 6.45) is 1.36. The standard InChI is InChI=1S/C11H18N6O3/c1-14(2)11(18)8-6-12-4-5-16(8)10-9(17(19)20)7-15(3)13-10/h7-8,12H,4-6H2,1-3H3. The Morgan fingerprint density at radius 3 is 2.90 bits per heavy atom. The van der Waals surface area contributed by atoms with E-state index in [0.717, 1.165) is 0 Å². The van der Waals surface area contributed by atoms with Crippen molar-refractivity contribution in [1.29, 1.82) is 0 Å². The Bertz CT molecular complexity index is 526. The molecule has 2 heterocycles. The van der Waals surface area contributed by atoms with E-state index in [-0.39, 0.29) is 17.4 Å². The van der Waals surface area contributed by atoms with Gasteiger partial charge in [0.25, 0.3) is 0 Å². The number of nitrogens with one attached hydrogen (secondary N) is 1. The number of hydrogen-bond donors (Lipinski definition) is 1. The number of aromatic nitrogens is 2. The Labute approximate surface area is 116 Å². The van der Waals surface area contributed by atoms with Gasteiger partial charge in [-0.05, 0) is 0 Å². The third-order valence-corrected chi connectivity index (χ3v) is 3.23. The molecule has 0 spiro atoms. The van der Waals surface area contributed by atoms with E-state index in [1.165, 1.54) is 15.8 Å². The van der Waals surface area contributed by atoms with Crippen molar-refractivity contribution in [3.8, 4) is 0 Å². The quantitative estimate of drug-likeness (QED) is 0.575. The van der Waals surface area contributed by atoms with Crippen LogP contribution in [0.2, 0.25) is 0 Å². The Balaban J connectivity index is 2.37. The van der Waals surface area contributed by atoms with Gasteiger partial charge in [-0.25, -0.2) is 0 Å². The summed E-state index contributed by atoms with van der Waals surface area (Å²) in [5, 5.41) is 18.4. The van der Waals surface area contributed by atoms with Crippen molar-refractivity contribution in [2.24, 2.45) is 7.05 Å². The first-order valence-corrected chi connectivity index (χ1v) is 6.28. The van der Waals surface area contributed by atoms with Crippen LogP contribution >= 0.6 is 0 Å². The lowest BCUT2D eigenvalue weighted by molar-refractivity contribution is -0.384. The van der Waals surface area contributed by atoms with E-state index < -0.39 is 11.0 Å². The molecule has 0 radical (unpaired) electrons. The molecule has 0 aliphatic carbocycles. The predicted octanol–water partition coefficient (Wildman–Crippen LogP) is -0.805. The minimum Gasteiger partial charge on any atom is -0.347 e. The molecule has 0 saturated carbocycles. The van der Waals surface area contributed by atoms with E-state index in [4.69, 9.17) is 0 Å². The van der Waals surface area contributed by atoms with Crippen LogP contribution in [0, 0.1) is 10.1 Å². The van der Waals surface area contributed by atoms with E-state index in [9.17, 15) is 14.9 Å². The molecule has 1 atom stereocenters. The van der Waals surface area contributed by atoms with Crippen molar-refractivity contribution >= 4 is 17.4 Å². The van der Waals surface area contributed by atoms with Crippen LogP contribution in [0.5, 0.6) is 0 Å². The smallest absolute Gasteiger partial charge is 0.330 e. The number of carbonyl (C=O) groups excluding carboxylic acids is 1. The molecule has 110 valence electrons. The third kappa shape index (κ3) is 2.57. The fourth-order valence-electron chi connectivity index (χ4n) is 2.27. The summed E-state index contributed by atoms with van der Waals surface area (Å²) >= 11 is 0. The molecule has 1 saturated heterocycles. The normalized spacial score (nSPS) is 18.9. The number of likely N-dealkylation sites (N-methyl/N-ethyl adjacent to an activating group) is 1. The molecule has 1 aliphatic rings. The van der Waals surface area contributed by atoms with Gasteiger partial charge in [0.05, 0.1) is 4.92 Å². The van der Waals surface area contributed by atoms with E-state index >= 15 is 0 Å². The van der Waals surface area contributed by atoms with Crippen molar-refractivity contribution in [3.05, 3.63) is 16.3 Å². The van der Waals surface area contributed by atoms with E-state index in [1.54, 1.807) is 26.0 Å². The highest BCUT2D eigenvalue weighted by atomic mass is 16.6. The topological polar surface area (TPSA) is 96.5 Å². The minimum atomic E-state index is -0.479. The third-order valence-electron chi connectivity index (χ3n) is 3.23. The van der Waals surface area contributed by atoms with Gasteiger partial charge in [-0.2, -0.15) is 0 Å². The van der Waals surface area contributed by atoms with Crippen LogP contribution in [0.1, 0.15) is 0 Å². The summed E-state index contributed by atoms with van der Waals surface area (Å²) < 4.78 is 1.40. The zero-order valence-electron chi connectivity index (χ0n) is 11.7. The maximum absolute atomic E-state index is 12.2. The highest BCUT2D eigenvalue weighted by molar-refractivity contribution is 5.86. The Hall–Kier alpha value is -2.16. The molecular weight excluding hydrogens is 264 g/mol. The molecule has 1 fully saturated rings. The molecule has 9 nitrogen and oxygen atoms in total. The lowest BCUT2D eigenvalue weighted by atomic mass is 10.1. The van der Waals surface area contributed by atoms with Crippen LogP contribution in [0.4, 0.5) is 11.5 Å². The number of amides is 1. The Kier molecular flexibility index (Phi) is 3.89. The van der Waals surface area contributed by atoms with Gasteiger partial charge in [0, 0.05) is 40.8 Å². The number of piperazine rings is 1. The second-order valence-corrected chi connectivity index (χ2v) is 4.91. The number of anilines is 1. The number of rotatable bonds is 3. The molecule has 20 heavy (non-hydrogen) atoms. The second kappa shape index (κ2) is 5.45. The summed E-state index contributed by atoms with van der Waals surface area (Å²) in [4.78, 5) is 26.0. The van der Waals surface area contributed by atoms with Gasteiger partial charge in [0.1, 0.15) is 12.2 Å². The van der Waals surface area contributed by atoms with E-state index in [0.29, 0.717) is 19.6 Å². The summed E-state index contributed by atoms with van der Waals surface area (Å²) in [6, 6.07) is -0.479. The van der Waals surface area contributed by atoms with Crippen molar-refractivity contribution in [2.75, 3.05) is 38.6 Å². The van der Waals surface area contributed by atoms with Gasteiger partial charge in [0.2, 0.25) is 11.7 Å². The molecule has 1 N–H and O–H groups in total. The van der Waals surface area contributed by atoms with Crippen LogP contribution in [-0.4, -0.2) is 65.3 Å². The molecule has 1 aromatic heterocycles. The van der Waals surface area contributed by atoms with Crippen molar-refractivity contribution < 1.29 is 9.72 Å². The first kappa shape index (κ1) is 14.3. The molecule has 0 aromatic carbocycles. The lowest BCUT2D eigenvalue weighted by Crippen LogP contribution is -2.58. The monoisotopic (exact) mass is 282 g/mol. The lowest BCUT2D eigenvalue weighted by Gasteiger charge is -2.36. The first-order valence-electron chi connectivity index (χ1n) is 6.28. The highest BCUT2D eigenvalue weighted by Crippen LogP contribution is 2.28. The molecule has 1 aromatic rings. The second-order valence-electron chi connectivity index (χ2n) is 4.91. The average molecular weight is 282 g/mol. The molecule has 1 amide bonds. The summed E-state index contributed by atoms with van der Waals surface area (Å²) in [5.41, 5.74) is -0.0778. The zero-order chi connectivity index (χ0) is 14.9. The van der Waals surface area contributed by atoms with Crippen LogP contribution in [-0.2, 0) is 11.8 Å². The van der Waals surface area contributed by atoms with E-state index in [2.05, 4.69) is 10.4 Å². The number of carbonyl (C=O) groups is 1. The number of nitrogens with zero attached hydrogens (tertiary/aromatic N) is 5. The van der Waals surface area contributed by atoms with Gasteiger partial charge in [-0.1, -0.05) is 0 Å². The average Bonchev–Trinajstić information content (AvgIpc) is 2.80. The maximum atomic E-state index is 12.2. The van der Waals surface area contributed by atoms with Crippen molar-refractivity contribution in [1.82, 2.24) is 20.0 Å². The van der Waals surface area contributed by atoms with Gasteiger partial charge >= 0.3 is 5.69 Å². The summed E-state index contributed by atoms with van der Waals surface area (Å²) in [5.74, 6) is 0.149. The molecule has 1 aliphatic heterocycles. The molecule has 9 heteroatoms. The zero-order valence-corrected chi connectivity index (χ0v) is 11.7.